The maximum atomic E-state index is 8.21. The van der Waals surface area contributed by atoms with E-state index in [1.165, 1.54) is 17.3 Å². The van der Waals surface area contributed by atoms with Crippen LogP contribution in [0.1, 0.15) is 6.92 Å². The summed E-state index contributed by atoms with van der Waals surface area (Å²) in [6, 6.07) is 0. The van der Waals surface area contributed by atoms with Crippen molar-refractivity contribution >= 4 is 5.84 Å². The van der Waals surface area contributed by atoms with Crippen LogP contribution in [0.25, 0.3) is 0 Å². The minimum Gasteiger partial charge on any atom is -0.409 e. The fourth-order valence-corrected chi connectivity index (χ4v) is 0.421. The molecule has 1 rings (SSSR count). The third kappa shape index (κ3) is 1.04. The van der Waals surface area contributed by atoms with Crippen LogP contribution in [0, 0.1) is 0 Å². The fourth-order valence-electron chi connectivity index (χ4n) is 0.421. The van der Waals surface area contributed by atoms with Crippen LogP contribution in [0.3, 0.4) is 0 Å². The highest BCUT2D eigenvalue weighted by atomic mass is 16.4. The topological polar surface area (TPSA) is 63.3 Å². The molecule has 1 aromatic rings. The molecule has 0 aliphatic rings. The van der Waals surface area contributed by atoms with E-state index in [9.17, 15) is 0 Å². The highest BCUT2D eigenvalue weighted by Crippen LogP contribution is 1.79. The first-order valence-corrected chi connectivity index (χ1v) is 2.38. The average molecular weight is 126 g/mol. The summed E-state index contributed by atoms with van der Waals surface area (Å²) in [6.07, 6.45) is 2.82. The Bertz CT molecular complexity index is 202. The van der Waals surface area contributed by atoms with Crippen molar-refractivity contribution < 1.29 is 5.21 Å². The Balaban J connectivity index is 2.90. The van der Waals surface area contributed by atoms with Gasteiger partial charge < -0.3 is 5.21 Å². The van der Waals surface area contributed by atoms with Crippen molar-refractivity contribution in [3.63, 3.8) is 0 Å². The lowest BCUT2D eigenvalue weighted by Gasteiger charge is -1.91. The van der Waals surface area contributed by atoms with Gasteiger partial charge in [0.2, 0.25) is 0 Å². The molecule has 0 aromatic carbocycles. The Hall–Kier alpha value is -1.39. The van der Waals surface area contributed by atoms with Gasteiger partial charge in [0.25, 0.3) is 0 Å². The van der Waals surface area contributed by atoms with E-state index in [-0.39, 0.29) is 0 Å². The van der Waals surface area contributed by atoms with E-state index in [1.54, 1.807) is 6.92 Å². The minimum atomic E-state index is 0.396. The molecule has 5 nitrogen and oxygen atoms in total. The third-order valence-corrected chi connectivity index (χ3v) is 0.895. The summed E-state index contributed by atoms with van der Waals surface area (Å²) in [5.41, 5.74) is 0. The molecule has 0 bridgehead atoms. The monoisotopic (exact) mass is 126 g/mol. The predicted molar refractivity (Wildman–Crippen MR) is 30.3 cm³/mol. The van der Waals surface area contributed by atoms with Crippen LogP contribution in [0.2, 0.25) is 0 Å². The number of rotatable bonds is 0. The first-order valence-electron chi connectivity index (χ1n) is 2.38. The molecule has 0 radical (unpaired) electrons. The van der Waals surface area contributed by atoms with Crippen molar-refractivity contribution in [2.24, 2.45) is 5.16 Å². The van der Waals surface area contributed by atoms with Crippen molar-refractivity contribution in [3.05, 3.63) is 12.7 Å². The van der Waals surface area contributed by atoms with Crippen LogP contribution in [-0.4, -0.2) is 25.8 Å². The number of oxime groups is 1. The maximum Gasteiger partial charge on any atom is 0.167 e. The first kappa shape index (κ1) is 5.74. The van der Waals surface area contributed by atoms with Crippen LogP contribution < -0.4 is 0 Å². The molecule has 0 saturated heterocycles. The Morgan fingerprint density at radius 1 is 1.78 bits per heavy atom. The summed E-state index contributed by atoms with van der Waals surface area (Å²) in [6.45, 7) is 1.62. The van der Waals surface area contributed by atoms with E-state index in [4.69, 9.17) is 5.21 Å². The molecular weight excluding hydrogens is 120 g/mol. The van der Waals surface area contributed by atoms with Crippen molar-refractivity contribution in [1.82, 2.24) is 14.8 Å². The molecule has 1 N–H and O–H groups in total. The van der Waals surface area contributed by atoms with Crippen molar-refractivity contribution in [1.29, 1.82) is 0 Å². The van der Waals surface area contributed by atoms with E-state index >= 15 is 0 Å². The van der Waals surface area contributed by atoms with Gasteiger partial charge in [0.05, 0.1) is 0 Å². The van der Waals surface area contributed by atoms with Crippen LogP contribution in [-0.2, 0) is 0 Å². The molecule has 0 aliphatic carbocycles. The predicted octanol–water partition coefficient (Wildman–Crippen LogP) is -0.0662. The van der Waals surface area contributed by atoms with Crippen molar-refractivity contribution in [3.8, 4) is 0 Å². The largest absolute Gasteiger partial charge is 0.409 e. The van der Waals surface area contributed by atoms with Crippen LogP contribution in [0.4, 0.5) is 0 Å². The summed E-state index contributed by atoms with van der Waals surface area (Å²) >= 11 is 0. The molecule has 9 heavy (non-hydrogen) atoms. The summed E-state index contributed by atoms with van der Waals surface area (Å²) in [7, 11) is 0. The summed E-state index contributed by atoms with van der Waals surface area (Å²) in [5, 5.41) is 14.8. The van der Waals surface area contributed by atoms with E-state index in [2.05, 4.69) is 15.2 Å². The van der Waals surface area contributed by atoms with Gasteiger partial charge in [-0.25, -0.2) is 9.67 Å². The zero-order valence-corrected chi connectivity index (χ0v) is 4.89. The highest BCUT2D eigenvalue weighted by molar-refractivity contribution is 5.79. The molecule has 0 saturated carbocycles. The molecule has 48 valence electrons. The molecule has 1 aromatic heterocycles. The first-order chi connectivity index (χ1) is 4.34. The Morgan fingerprint density at radius 2 is 2.56 bits per heavy atom. The Morgan fingerprint density at radius 3 is 3.00 bits per heavy atom. The SMILES string of the molecule is CC(=NO)n1cncn1. The zero-order chi connectivity index (χ0) is 6.69. The maximum absolute atomic E-state index is 8.21. The van der Waals surface area contributed by atoms with Crippen LogP contribution in [0.5, 0.6) is 0 Å². The van der Waals surface area contributed by atoms with Crippen molar-refractivity contribution in [2.45, 2.75) is 6.92 Å². The normalized spacial score (nSPS) is 11.9. The lowest BCUT2D eigenvalue weighted by Crippen LogP contribution is -2.06. The molecule has 0 fully saturated rings. The van der Waals surface area contributed by atoms with Gasteiger partial charge in [-0.2, -0.15) is 5.10 Å². The number of aromatic nitrogens is 3. The van der Waals surface area contributed by atoms with Crippen LogP contribution >= 0.6 is 0 Å². The lowest BCUT2D eigenvalue weighted by molar-refractivity contribution is 0.316. The molecule has 0 unspecified atom stereocenters. The minimum absolute atomic E-state index is 0.396. The molecule has 1 heterocycles. The second-order valence-corrected chi connectivity index (χ2v) is 1.49. The molecule has 0 atom stereocenters. The molecule has 0 spiro atoms. The zero-order valence-electron chi connectivity index (χ0n) is 4.89. The fraction of sp³-hybridized carbons (Fsp3) is 0.250. The molecular formula is C4H6N4O. The molecule has 5 heteroatoms. The second-order valence-electron chi connectivity index (χ2n) is 1.49. The smallest absolute Gasteiger partial charge is 0.167 e. The second kappa shape index (κ2) is 2.25. The van der Waals surface area contributed by atoms with Gasteiger partial charge in [-0.3, -0.25) is 0 Å². The lowest BCUT2D eigenvalue weighted by atomic mass is 10.7. The summed E-state index contributed by atoms with van der Waals surface area (Å²) < 4.78 is 1.36. The van der Waals surface area contributed by atoms with E-state index in [0.717, 1.165) is 0 Å². The van der Waals surface area contributed by atoms with E-state index in [0.29, 0.717) is 5.84 Å². The third-order valence-electron chi connectivity index (χ3n) is 0.895. The standard InChI is InChI=1S/C4H6N4O/c1-4(7-9)8-3-5-2-6-8/h2-3,9H,1H3. The quantitative estimate of drug-likeness (QED) is 0.229. The van der Waals surface area contributed by atoms with Gasteiger partial charge in [0, 0.05) is 0 Å². The van der Waals surface area contributed by atoms with E-state index in [1.807, 2.05) is 0 Å². The number of hydrogen-bond acceptors (Lipinski definition) is 4. The van der Waals surface area contributed by atoms with Crippen LogP contribution in [0.15, 0.2) is 17.8 Å². The van der Waals surface area contributed by atoms with Gasteiger partial charge in [0.15, 0.2) is 5.84 Å². The number of nitrogens with zero attached hydrogens (tertiary/aromatic N) is 4. The highest BCUT2D eigenvalue weighted by Gasteiger charge is 1.92. The molecule has 0 amide bonds. The van der Waals surface area contributed by atoms with E-state index < -0.39 is 0 Å². The summed E-state index contributed by atoms with van der Waals surface area (Å²) in [4.78, 5) is 3.65. The van der Waals surface area contributed by atoms with Gasteiger partial charge >= 0.3 is 0 Å². The van der Waals surface area contributed by atoms with Gasteiger partial charge in [-0.05, 0) is 6.92 Å². The van der Waals surface area contributed by atoms with Crippen molar-refractivity contribution in [2.75, 3.05) is 0 Å². The average Bonchev–Trinajstić information content (AvgIpc) is 2.37. The summed E-state index contributed by atoms with van der Waals surface area (Å²) in [5.74, 6) is 0.396. The Labute approximate surface area is 51.6 Å². The van der Waals surface area contributed by atoms with Gasteiger partial charge in [-0.15, -0.1) is 0 Å². The Kier molecular flexibility index (Phi) is 1.44. The number of hydrogen-bond donors (Lipinski definition) is 1. The molecule has 0 aliphatic heterocycles. The van der Waals surface area contributed by atoms with Gasteiger partial charge in [0.1, 0.15) is 12.7 Å². The van der Waals surface area contributed by atoms with Gasteiger partial charge in [-0.1, -0.05) is 5.16 Å².